The van der Waals surface area contributed by atoms with Crippen LogP contribution in [0.25, 0.3) is 0 Å². The molecule has 2 N–H and O–H groups in total. The predicted molar refractivity (Wildman–Crippen MR) is 114 cm³/mol. The highest BCUT2D eigenvalue weighted by Crippen LogP contribution is 2.55. The molecule has 4 fully saturated rings. The molecular weight excluding hydrogens is 376 g/mol. The zero-order valence-electron chi connectivity index (χ0n) is 17.7. The van der Waals surface area contributed by atoms with Gasteiger partial charge in [0.25, 0.3) is 5.91 Å². The second-order valence-electron chi connectivity index (χ2n) is 9.70. The molecule has 6 rings (SSSR count). The van der Waals surface area contributed by atoms with Crippen molar-refractivity contribution < 1.29 is 14.7 Å². The van der Waals surface area contributed by atoms with E-state index in [1.54, 1.807) is 16.7 Å². The highest BCUT2D eigenvalue weighted by molar-refractivity contribution is 6.09. The lowest BCUT2D eigenvalue weighted by atomic mass is 9.52. The van der Waals surface area contributed by atoms with Crippen molar-refractivity contribution in [3.8, 4) is 0 Å². The molecule has 1 heterocycles. The van der Waals surface area contributed by atoms with Crippen LogP contribution in [0, 0.1) is 17.8 Å². The van der Waals surface area contributed by atoms with Crippen LogP contribution in [0.2, 0.25) is 0 Å². The summed E-state index contributed by atoms with van der Waals surface area (Å²) in [5.41, 5.74) is 2.15. The van der Waals surface area contributed by atoms with Crippen molar-refractivity contribution in [3.05, 3.63) is 58.9 Å². The van der Waals surface area contributed by atoms with Crippen LogP contribution < -0.4 is 5.32 Å². The Balaban J connectivity index is 1.41. The fraction of sp³-hybridized carbons (Fsp3) is 0.520. The smallest absolute Gasteiger partial charge is 0.268 e. The summed E-state index contributed by atoms with van der Waals surface area (Å²) in [6, 6.07) is 11.2. The molecule has 2 unspecified atom stereocenters. The average molecular weight is 407 g/mol. The molecule has 0 saturated heterocycles. The van der Waals surface area contributed by atoms with E-state index in [0.717, 1.165) is 37.7 Å². The minimum absolute atomic E-state index is 0.0660. The number of rotatable bonds is 5. The lowest BCUT2D eigenvalue weighted by Crippen LogP contribution is -2.61. The minimum Gasteiger partial charge on any atom is -0.390 e. The van der Waals surface area contributed by atoms with Gasteiger partial charge >= 0.3 is 0 Å². The summed E-state index contributed by atoms with van der Waals surface area (Å²) in [5.74, 6) is 1.17. The summed E-state index contributed by atoms with van der Waals surface area (Å²) >= 11 is 0. The zero-order chi connectivity index (χ0) is 21.0. The van der Waals surface area contributed by atoms with Crippen molar-refractivity contribution in [2.45, 2.75) is 57.1 Å². The van der Waals surface area contributed by atoms with Gasteiger partial charge in [-0.3, -0.25) is 9.59 Å². The molecule has 0 radical (unpaired) electrons. The highest BCUT2D eigenvalue weighted by atomic mass is 16.3. The van der Waals surface area contributed by atoms with Gasteiger partial charge in [-0.2, -0.15) is 0 Å². The first-order chi connectivity index (χ1) is 14.4. The van der Waals surface area contributed by atoms with Gasteiger partial charge in [0, 0.05) is 18.7 Å². The van der Waals surface area contributed by atoms with E-state index in [2.05, 4.69) is 5.32 Å². The number of aromatic nitrogens is 1. The van der Waals surface area contributed by atoms with Crippen molar-refractivity contribution in [2.24, 2.45) is 24.8 Å². The molecule has 4 bridgehead atoms. The van der Waals surface area contributed by atoms with Crippen molar-refractivity contribution >= 4 is 11.7 Å². The van der Waals surface area contributed by atoms with Gasteiger partial charge in [-0.15, -0.1) is 0 Å². The van der Waals surface area contributed by atoms with Crippen molar-refractivity contribution in [2.75, 3.05) is 0 Å². The molecule has 1 amide bonds. The topological polar surface area (TPSA) is 71.3 Å². The monoisotopic (exact) mass is 406 g/mol. The molecular formula is C25H30N2O3. The van der Waals surface area contributed by atoms with Crippen molar-refractivity contribution in [1.29, 1.82) is 0 Å². The SMILES string of the molecule is CCc1cc(C(=O)c2ccccc2)n(C)c1C(=O)NC1C2CC3CC1CC(O)(C3)C2. The Labute approximate surface area is 177 Å². The second kappa shape index (κ2) is 7.09. The van der Waals surface area contributed by atoms with E-state index in [9.17, 15) is 14.7 Å². The fourth-order valence-electron chi connectivity index (χ4n) is 6.63. The third kappa shape index (κ3) is 3.11. The summed E-state index contributed by atoms with van der Waals surface area (Å²) in [6.45, 7) is 2.02. The number of carbonyl (C=O) groups is 2. The Kier molecular flexibility index (Phi) is 4.62. The number of hydrogen-bond donors (Lipinski definition) is 2. The molecule has 30 heavy (non-hydrogen) atoms. The van der Waals surface area contributed by atoms with Gasteiger partial charge in [0.2, 0.25) is 5.78 Å². The van der Waals surface area contributed by atoms with Gasteiger partial charge in [0.05, 0.1) is 11.3 Å². The maximum absolute atomic E-state index is 13.4. The summed E-state index contributed by atoms with van der Waals surface area (Å²) in [6.07, 6.45) is 5.44. The van der Waals surface area contributed by atoms with E-state index in [1.165, 1.54) is 0 Å². The number of nitrogens with zero attached hydrogens (tertiary/aromatic N) is 1. The van der Waals surface area contributed by atoms with E-state index in [0.29, 0.717) is 41.1 Å². The largest absolute Gasteiger partial charge is 0.390 e. The minimum atomic E-state index is -0.507. The van der Waals surface area contributed by atoms with Gasteiger partial charge < -0.3 is 15.0 Å². The Morgan fingerprint density at radius 3 is 2.40 bits per heavy atom. The molecule has 4 saturated carbocycles. The summed E-state index contributed by atoms with van der Waals surface area (Å²) in [4.78, 5) is 26.4. The van der Waals surface area contributed by atoms with Gasteiger partial charge in [0.15, 0.2) is 0 Å². The van der Waals surface area contributed by atoms with Crippen LogP contribution in [0.5, 0.6) is 0 Å². The Morgan fingerprint density at radius 2 is 1.80 bits per heavy atom. The standard InChI is InChI=1S/C25H30N2O3/c1-3-16-11-20(23(28)17-7-5-4-6-8-17)27(2)22(16)24(29)26-21-18-9-15-10-19(21)14-25(30,12-15)13-18/h4-8,11,15,18-19,21,30H,3,9-10,12-14H2,1-2H3,(H,26,29). The average Bonchev–Trinajstić information content (AvgIpc) is 3.06. The molecule has 4 aliphatic carbocycles. The normalized spacial score (nSPS) is 31.7. The van der Waals surface area contributed by atoms with Crippen LogP contribution in [-0.2, 0) is 13.5 Å². The summed E-state index contributed by atoms with van der Waals surface area (Å²) < 4.78 is 1.76. The molecule has 2 atom stereocenters. The van der Waals surface area contributed by atoms with E-state index in [-0.39, 0.29) is 17.7 Å². The molecule has 5 heteroatoms. The van der Waals surface area contributed by atoms with Crippen molar-refractivity contribution in [3.63, 3.8) is 0 Å². The van der Waals surface area contributed by atoms with Crippen LogP contribution in [0.4, 0.5) is 0 Å². The van der Waals surface area contributed by atoms with Crippen LogP contribution in [0.15, 0.2) is 36.4 Å². The van der Waals surface area contributed by atoms with E-state index < -0.39 is 5.60 Å². The third-order valence-corrected chi connectivity index (χ3v) is 7.72. The number of benzene rings is 1. The van der Waals surface area contributed by atoms with Crippen LogP contribution in [0.1, 0.15) is 71.1 Å². The molecule has 5 nitrogen and oxygen atoms in total. The predicted octanol–water partition coefficient (Wildman–Crippen LogP) is 3.49. The number of hydrogen-bond acceptors (Lipinski definition) is 3. The number of aliphatic hydroxyl groups is 1. The fourth-order valence-corrected chi connectivity index (χ4v) is 6.63. The number of amides is 1. The second-order valence-corrected chi connectivity index (χ2v) is 9.70. The summed E-state index contributed by atoms with van der Waals surface area (Å²) in [5, 5.41) is 14.1. The van der Waals surface area contributed by atoms with Gasteiger partial charge in [-0.05, 0) is 67.9 Å². The molecule has 4 aliphatic rings. The van der Waals surface area contributed by atoms with Gasteiger partial charge in [-0.1, -0.05) is 37.3 Å². The molecule has 0 spiro atoms. The zero-order valence-corrected chi connectivity index (χ0v) is 17.7. The number of nitrogens with one attached hydrogen (secondary N) is 1. The number of carbonyl (C=O) groups excluding carboxylic acids is 2. The Hall–Kier alpha value is -2.40. The molecule has 0 aliphatic heterocycles. The maximum Gasteiger partial charge on any atom is 0.268 e. The van der Waals surface area contributed by atoms with E-state index in [4.69, 9.17) is 0 Å². The Bertz CT molecular complexity index is 977. The van der Waals surface area contributed by atoms with Crippen LogP contribution in [-0.4, -0.2) is 33.0 Å². The van der Waals surface area contributed by atoms with E-state index >= 15 is 0 Å². The van der Waals surface area contributed by atoms with Crippen molar-refractivity contribution in [1.82, 2.24) is 9.88 Å². The lowest BCUT2D eigenvalue weighted by molar-refractivity contribution is -0.137. The van der Waals surface area contributed by atoms with Gasteiger partial charge in [0.1, 0.15) is 5.69 Å². The molecule has 158 valence electrons. The third-order valence-electron chi connectivity index (χ3n) is 7.72. The Morgan fingerprint density at radius 1 is 1.13 bits per heavy atom. The highest BCUT2D eigenvalue weighted by Gasteiger charge is 2.55. The van der Waals surface area contributed by atoms with Crippen LogP contribution >= 0.6 is 0 Å². The van der Waals surface area contributed by atoms with E-state index in [1.807, 2.05) is 38.2 Å². The maximum atomic E-state index is 13.4. The summed E-state index contributed by atoms with van der Waals surface area (Å²) in [7, 11) is 1.81. The lowest BCUT2D eigenvalue weighted by Gasteiger charge is -2.58. The first kappa shape index (κ1) is 19.6. The number of aryl methyl sites for hydroxylation is 1. The quantitative estimate of drug-likeness (QED) is 0.747. The first-order valence-corrected chi connectivity index (χ1v) is 11.2. The molecule has 2 aromatic rings. The molecule has 1 aromatic heterocycles. The van der Waals surface area contributed by atoms with Crippen LogP contribution in [0.3, 0.4) is 0 Å². The molecule has 1 aromatic carbocycles. The first-order valence-electron chi connectivity index (χ1n) is 11.2. The number of ketones is 1. The van der Waals surface area contributed by atoms with Gasteiger partial charge in [-0.25, -0.2) is 0 Å².